The van der Waals surface area contributed by atoms with E-state index in [0.29, 0.717) is 12.8 Å². The Hall–Kier alpha value is -4.21. The van der Waals surface area contributed by atoms with E-state index in [0.717, 1.165) is 10.0 Å². The van der Waals surface area contributed by atoms with Crippen molar-refractivity contribution in [2.45, 2.75) is 12.8 Å². The number of benzene rings is 2. The van der Waals surface area contributed by atoms with Crippen molar-refractivity contribution in [1.82, 2.24) is 10.0 Å². The van der Waals surface area contributed by atoms with Crippen LogP contribution in [0.25, 0.3) is 0 Å². The smallest absolute Gasteiger partial charge is 0.379 e. The molecule has 0 radical (unpaired) electrons. The Labute approximate surface area is 232 Å². The molecule has 1 fully saturated rings. The van der Waals surface area contributed by atoms with E-state index in [9.17, 15) is 24.0 Å². The Morgan fingerprint density at radius 1 is 0.897 bits per heavy atom. The van der Waals surface area contributed by atoms with E-state index in [1.54, 1.807) is 6.07 Å². The second-order valence-electron chi connectivity index (χ2n) is 8.95. The van der Waals surface area contributed by atoms with E-state index in [-0.39, 0.29) is 32.7 Å². The number of allylic oxidation sites excluding steroid dienone is 2. The van der Waals surface area contributed by atoms with E-state index < -0.39 is 47.9 Å². The number of esters is 1. The number of halogens is 2. The predicted octanol–water partition coefficient (Wildman–Crippen LogP) is 5.00. The molecule has 3 amide bonds. The molecule has 0 bridgehead atoms. The average molecular weight is 567 g/mol. The van der Waals surface area contributed by atoms with Crippen molar-refractivity contribution in [3.05, 3.63) is 99.9 Å². The van der Waals surface area contributed by atoms with Crippen molar-refractivity contribution in [2.75, 3.05) is 6.54 Å². The molecule has 0 N–H and O–H groups in total. The molecule has 5 rings (SSSR count). The summed E-state index contributed by atoms with van der Waals surface area (Å²) < 4.78 is 10.2. The largest absolute Gasteiger partial charge is 0.457 e. The number of nitrogens with zero attached hydrogens (tertiary/aromatic N) is 2. The SMILES string of the molecule is O=C(CN(C(=O)c1ccc(Cl)c(Cl)c1)N1C(=O)[C@H]2CC=CC[C@H]2C1=O)c1ccc(OC(=O)c2ccco2)cc1. The summed E-state index contributed by atoms with van der Waals surface area (Å²) in [5, 5.41) is 1.96. The Bertz CT molecular complexity index is 1470. The number of Topliss-reactive ketones (excluding diaryl/α,β-unsaturated/α-hetero) is 1. The van der Waals surface area contributed by atoms with Crippen LogP contribution in [0, 0.1) is 11.8 Å². The number of fused-ring (bicyclic) bond motifs is 1. The van der Waals surface area contributed by atoms with E-state index >= 15 is 0 Å². The summed E-state index contributed by atoms with van der Waals surface area (Å²) in [6.45, 7) is -0.602. The van der Waals surface area contributed by atoms with E-state index in [1.807, 2.05) is 12.2 Å². The number of rotatable bonds is 7. The maximum Gasteiger partial charge on any atom is 0.379 e. The lowest BCUT2D eigenvalue weighted by Crippen LogP contribution is -2.52. The van der Waals surface area contributed by atoms with Crippen LogP contribution in [0.4, 0.5) is 0 Å². The summed E-state index contributed by atoms with van der Waals surface area (Å²) in [4.78, 5) is 65.5. The monoisotopic (exact) mass is 566 g/mol. The van der Waals surface area contributed by atoms with Crippen LogP contribution in [0.1, 0.15) is 44.1 Å². The third-order valence-electron chi connectivity index (χ3n) is 6.53. The zero-order chi connectivity index (χ0) is 27.7. The number of imide groups is 1. The maximum absolute atomic E-state index is 13.6. The first-order valence-electron chi connectivity index (χ1n) is 11.9. The first-order valence-corrected chi connectivity index (χ1v) is 12.7. The number of furan rings is 1. The van der Waals surface area contributed by atoms with Gasteiger partial charge in [-0.2, -0.15) is 5.01 Å². The summed E-state index contributed by atoms with van der Waals surface area (Å²) in [6, 6.07) is 12.8. The number of carbonyl (C=O) groups excluding carboxylic acids is 5. The normalized spacial score (nSPS) is 18.2. The number of hydrazine groups is 1. The van der Waals surface area contributed by atoms with Crippen molar-refractivity contribution in [3.8, 4) is 5.75 Å². The number of carbonyl (C=O) groups is 5. The fraction of sp³-hybridized carbons (Fsp3) is 0.179. The lowest BCUT2D eigenvalue weighted by Gasteiger charge is -2.30. The second kappa shape index (κ2) is 10.9. The zero-order valence-electron chi connectivity index (χ0n) is 20.2. The fourth-order valence-electron chi connectivity index (χ4n) is 4.52. The molecule has 1 saturated heterocycles. The predicted molar refractivity (Wildman–Crippen MR) is 139 cm³/mol. The lowest BCUT2D eigenvalue weighted by molar-refractivity contribution is -0.154. The minimum atomic E-state index is -0.765. The van der Waals surface area contributed by atoms with Crippen molar-refractivity contribution < 1.29 is 33.1 Å². The molecule has 0 saturated carbocycles. The van der Waals surface area contributed by atoms with Gasteiger partial charge in [0.15, 0.2) is 5.78 Å². The van der Waals surface area contributed by atoms with Gasteiger partial charge < -0.3 is 9.15 Å². The van der Waals surface area contributed by atoms with Crippen LogP contribution < -0.4 is 4.74 Å². The molecule has 11 heteroatoms. The van der Waals surface area contributed by atoms with Crippen LogP contribution in [-0.4, -0.2) is 46.0 Å². The number of hydrogen-bond acceptors (Lipinski definition) is 7. The van der Waals surface area contributed by atoms with Gasteiger partial charge in [-0.3, -0.25) is 19.2 Å². The van der Waals surface area contributed by atoms with Gasteiger partial charge in [0.1, 0.15) is 12.3 Å². The van der Waals surface area contributed by atoms with Crippen molar-refractivity contribution in [1.29, 1.82) is 0 Å². The molecule has 1 aliphatic heterocycles. The summed E-state index contributed by atoms with van der Waals surface area (Å²) >= 11 is 12.1. The van der Waals surface area contributed by atoms with Gasteiger partial charge in [-0.25, -0.2) is 9.80 Å². The highest BCUT2D eigenvalue weighted by atomic mass is 35.5. The van der Waals surface area contributed by atoms with Gasteiger partial charge in [-0.15, -0.1) is 0 Å². The minimum Gasteiger partial charge on any atom is -0.457 e. The van der Waals surface area contributed by atoms with Gasteiger partial charge >= 0.3 is 5.97 Å². The highest BCUT2D eigenvalue weighted by Gasteiger charge is 2.51. The summed E-state index contributed by atoms with van der Waals surface area (Å²) in [5.41, 5.74) is 0.212. The van der Waals surface area contributed by atoms with E-state index in [4.69, 9.17) is 32.4 Å². The third kappa shape index (κ3) is 5.23. The molecule has 2 aromatic carbocycles. The quantitative estimate of drug-likeness (QED) is 0.130. The van der Waals surface area contributed by atoms with E-state index in [2.05, 4.69) is 0 Å². The molecule has 198 valence electrons. The average Bonchev–Trinajstić information content (AvgIpc) is 3.57. The molecule has 39 heavy (non-hydrogen) atoms. The fourth-order valence-corrected chi connectivity index (χ4v) is 4.82. The highest BCUT2D eigenvalue weighted by molar-refractivity contribution is 6.42. The van der Waals surface area contributed by atoms with Crippen molar-refractivity contribution in [2.24, 2.45) is 11.8 Å². The lowest BCUT2D eigenvalue weighted by atomic mass is 9.85. The number of ketones is 1. The van der Waals surface area contributed by atoms with Gasteiger partial charge in [-0.05, 0) is 67.4 Å². The van der Waals surface area contributed by atoms with Crippen LogP contribution >= 0.6 is 23.2 Å². The standard InChI is InChI=1S/C28H20Cl2N2O7/c29-21-12-9-17(14-22(21)30)25(34)31(32-26(35)19-4-1-2-5-20(19)27(32)36)15-23(33)16-7-10-18(11-8-16)39-28(37)24-6-3-13-38-24/h1-3,6-14,19-20H,4-5,15H2/t19-,20+. The van der Waals surface area contributed by atoms with Crippen LogP contribution in [-0.2, 0) is 9.59 Å². The van der Waals surface area contributed by atoms with Gasteiger partial charge in [0.05, 0.1) is 28.1 Å². The molecular formula is C28H20Cl2N2O7. The summed E-state index contributed by atoms with van der Waals surface area (Å²) in [5.74, 6) is -4.15. The van der Waals surface area contributed by atoms with Gasteiger partial charge in [0.2, 0.25) is 5.76 Å². The van der Waals surface area contributed by atoms with Crippen LogP contribution in [0.3, 0.4) is 0 Å². The summed E-state index contributed by atoms with van der Waals surface area (Å²) in [6.07, 6.45) is 5.73. The van der Waals surface area contributed by atoms with Crippen LogP contribution in [0.15, 0.2) is 77.4 Å². The maximum atomic E-state index is 13.6. The van der Waals surface area contributed by atoms with Gasteiger partial charge in [0, 0.05) is 11.1 Å². The van der Waals surface area contributed by atoms with Gasteiger partial charge in [-0.1, -0.05) is 35.4 Å². The molecule has 1 aliphatic carbocycles. The molecule has 2 aliphatic rings. The first-order chi connectivity index (χ1) is 18.7. The Kier molecular flexibility index (Phi) is 7.36. The zero-order valence-corrected chi connectivity index (χ0v) is 21.7. The highest BCUT2D eigenvalue weighted by Crippen LogP contribution is 2.36. The third-order valence-corrected chi connectivity index (χ3v) is 7.27. The molecule has 3 aromatic rings. The topological polar surface area (TPSA) is 114 Å². The number of amides is 3. The minimum absolute atomic E-state index is 0.0160. The summed E-state index contributed by atoms with van der Waals surface area (Å²) in [7, 11) is 0. The number of hydrogen-bond donors (Lipinski definition) is 0. The molecule has 0 spiro atoms. The second-order valence-corrected chi connectivity index (χ2v) is 9.76. The van der Waals surface area contributed by atoms with Crippen molar-refractivity contribution >= 4 is 52.7 Å². The van der Waals surface area contributed by atoms with Crippen molar-refractivity contribution in [3.63, 3.8) is 0 Å². The van der Waals surface area contributed by atoms with E-state index in [1.165, 1.54) is 54.8 Å². The molecule has 0 unspecified atom stereocenters. The number of ether oxygens (including phenoxy) is 1. The van der Waals surface area contributed by atoms with Gasteiger partial charge in [0.25, 0.3) is 17.7 Å². The Morgan fingerprint density at radius 2 is 1.54 bits per heavy atom. The molecule has 9 nitrogen and oxygen atoms in total. The molecule has 1 aromatic heterocycles. The molecule has 2 heterocycles. The first kappa shape index (κ1) is 26.4. The van der Waals surface area contributed by atoms with Crippen LogP contribution in [0.2, 0.25) is 10.0 Å². The Morgan fingerprint density at radius 3 is 2.13 bits per heavy atom. The Balaban J connectivity index is 1.40. The molecular weight excluding hydrogens is 547 g/mol. The molecule has 2 atom stereocenters. The van der Waals surface area contributed by atoms with Crippen LogP contribution in [0.5, 0.6) is 5.75 Å².